The van der Waals surface area contributed by atoms with Crippen LogP contribution in [-0.2, 0) is 0 Å². The molecule has 0 fully saturated rings. The molecule has 0 nitrogen and oxygen atoms in total. The molecule has 2 aliphatic rings. The summed E-state index contributed by atoms with van der Waals surface area (Å²) in [6, 6.07) is 14.0. The second-order valence-electron chi connectivity index (χ2n) is 15.5. The number of thiophene rings is 1. The van der Waals surface area contributed by atoms with E-state index in [1.165, 1.54) is 37.8 Å². The molecule has 0 spiro atoms. The van der Waals surface area contributed by atoms with Gasteiger partial charge in [0.15, 0.2) is 0 Å². The van der Waals surface area contributed by atoms with Crippen LogP contribution in [-0.4, -0.2) is 42.6 Å². The third kappa shape index (κ3) is 3.33. The van der Waals surface area contributed by atoms with Crippen LogP contribution in [0.1, 0.15) is 39.5 Å². The molecule has 4 aromatic carbocycles. The Hall–Kier alpha value is -0.671. The van der Waals surface area contributed by atoms with E-state index in [9.17, 15) is 0 Å². The van der Waals surface area contributed by atoms with Crippen molar-refractivity contribution < 1.29 is 0 Å². The zero-order valence-corrected chi connectivity index (χ0v) is 32.6. The number of benzene rings is 4. The van der Waals surface area contributed by atoms with Gasteiger partial charge in [0.25, 0.3) is 0 Å². The molecule has 0 saturated carbocycles. The van der Waals surface area contributed by atoms with Gasteiger partial charge in [0.1, 0.15) is 0 Å². The first kappa shape index (κ1) is 27.2. The van der Waals surface area contributed by atoms with Crippen molar-refractivity contribution in [3.05, 3.63) is 24.3 Å². The predicted molar refractivity (Wildman–Crippen MR) is 193 cm³/mol. The second kappa shape index (κ2) is 8.46. The van der Waals surface area contributed by atoms with Crippen LogP contribution in [0.3, 0.4) is 0 Å². The number of hydrogen-bond donors (Lipinski definition) is 0. The number of rotatable bonds is 8. The summed E-state index contributed by atoms with van der Waals surface area (Å²) in [5.41, 5.74) is 0. The first-order valence-electron chi connectivity index (χ1n) is 15.6. The van der Waals surface area contributed by atoms with Crippen LogP contribution in [0.25, 0.3) is 41.7 Å². The van der Waals surface area contributed by atoms with Crippen LogP contribution in [0.5, 0.6) is 0 Å². The van der Waals surface area contributed by atoms with Crippen LogP contribution >= 0.6 is 11.3 Å². The molecule has 5 aromatic rings. The van der Waals surface area contributed by atoms with Gasteiger partial charge in [0, 0.05) is 0 Å². The first-order chi connectivity index (χ1) is 18.3. The van der Waals surface area contributed by atoms with Gasteiger partial charge in [-0.15, -0.1) is 0 Å². The second-order valence-corrected chi connectivity index (χ2v) is 43.2. The van der Waals surface area contributed by atoms with E-state index in [4.69, 9.17) is 0 Å². The Kier molecular flexibility index (Phi) is 5.89. The van der Waals surface area contributed by atoms with E-state index in [1.54, 1.807) is 52.1 Å². The average Bonchev–Trinajstić information content (AvgIpc) is 3.44. The Bertz CT molecular complexity index is 1820. The molecule has 0 bridgehead atoms. The third-order valence-corrected chi connectivity index (χ3v) is 31.6. The fourth-order valence-corrected chi connectivity index (χ4v) is 29.7. The molecule has 2 aliphatic heterocycles. The molecule has 5 heteroatoms. The van der Waals surface area contributed by atoms with Gasteiger partial charge in [-0.1, -0.05) is 0 Å². The number of unbranched alkanes of at least 4 members (excludes halogenated alkanes) is 2. The molecule has 1 aromatic heterocycles. The van der Waals surface area contributed by atoms with Gasteiger partial charge >= 0.3 is 249 Å². The van der Waals surface area contributed by atoms with Crippen molar-refractivity contribution in [3.63, 3.8) is 0 Å². The summed E-state index contributed by atoms with van der Waals surface area (Å²) in [4.78, 5) is 5.46. The van der Waals surface area contributed by atoms with Gasteiger partial charge in [-0.3, -0.25) is 0 Å². The Labute approximate surface area is 246 Å². The quantitative estimate of drug-likeness (QED) is 0.117. The van der Waals surface area contributed by atoms with Gasteiger partial charge in [-0.25, -0.2) is 0 Å². The molecule has 39 heavy (non-hydrogen) atoms. The molecule has 0 aliphatic carbocycles. The monoisotopic (exact) mass is 690 g/mol. The fraction of sp³-hybridized carbons (Fsp3) is 0.471. The predicted octanol–water partition coefficient (Wildman–Crippen LogP) is 7.50. The summed E-state index contributed by atoms with van der Waals surface area (Å²) in [6.45, 7) is 20.4. The number of hydrogen-bond acceptors (Lipinski definition) is 1. The SMILES string of the molecule is CCCC[Si]1(CCCC)c2cc[c]3c4c2c2c1cc([Si](C)(C)C)c1sc5c([Si](C)(C)C)c[c](c4c5c12)[Sn]3([CH3])[CH3]. The molecule has 204 valence electrons. The molecule has 0 amide bonds. The summed E-state index contributed by atoms with van der Waals surface area (Å²) in [7, 11) is -4.91. The van der Waals surface area contributed by atoms with Crippen molar-refractivity contribution in [2.45, 2.75) is 101 Å². The van der Waals surface area contributed by atoms with Crippen LogP contribution < -0.4 is 27.9 Å². The van der Waals surface area contributed by atoms with Crippen molar-refractivity contribution in [1.82, 2.24) is 0 Å². The Balaban J connectivity index is 1.80. The Morgan fingerprint density at radius 3 is 1.72 bits per heavy atom. The summed E-state index contributed by atoms with van der Waals surface area (Å²) < 4.78 is 7.02. The van der Waals surface area contributed by atoms with Crippen LogP contribution in [0.15, 0.2) is 24.3 Å². The van der Waals surface area contributed by atoms with E-state index < -0.39 is 42.6 Å². The summed E-state index contributed by atoms with van der Waals surface area (Å²) in [6.07, 6.45) is 5.40. The van der Waals surface area contributed by atoms with Crippen molar-refractivity contribution >= 4 is 124 Å². The Morgan fingerprint density at radius 2 is 1.15 bits per heavy atom. The topological polar surface area (TPSA) is 0 Å². The van der Waals surface area contributed by atoms with Crippen LogP contribution in [0.2, 0.25) is 61.2 Å². The van der Waals surface area contributed by atoms with Crippen molar-refractivity contribution in [3.8, 4) is 0 Å². The molecule has 0 N–H and O–H groups in total. The van der Waals surface area contributed by atoms with Crippen LogP contribution in [0, 0.1) is 0 Å². The fourth-order valence-electron chi connectivity index (χ4n) is 8.58. The maximum absolute atomic E-state index is 2.87. The molecular weight excluding hydrogens is 643 g/mol. The summed E-state index contributed by atoms with van der Waals surface area (Å²) >= 11 is -0.486. The molecule has 0 unspecified atom stereocenters. The van der Waals surface area contributed by atoms with Crippen molar-refractivity contribution in [1.29, 1.82) is 0 Å². The van der Waals surface area contributed by atoms with Gasteiger partial charge in [0.2, 0.25) is 0 Å². The van der Waals surface area contributed by atoms with E-state index in [2.05, 4.69) is 98.6 Å². The maximum atomic E-state index is 2.87. The summed E-state index contributed by atoms with van der Waals surface area (Å²) in [5, 5.41) is 17.7. The molecule has 3 heterocycles. The van der Waals surface area contributed by atoms with E-state index >= 15 is 0 Å². The zero-order valence-electron chi connectivity index (χ0n) is 26.0. The van der Waals surface area contributed by atoms with Crippen LogP contribution in [0.4, 0.5) is 0 Å². The molecule has 7 rings (SSSR count). The van der Waals surface area contributed by atoms with Crippen molar-refractivity contribution in [2.75, 3.05) is 0 Å². The molecule has 0 atom stereocenters. The van der Waals surface area contributed by atoms with E-state index in [-0.39, 0.29) is 0 Å². The molecular formula is C34H46SSi3Sn. The van der Waals surface area contributed by atoms with Gasteiger partial charge in [0.05, 0.1) is 0 Å². The standard InChI is InChI=1S/C32H40SSi3.2CH3.Sn/c1-9-11-18-36(19-12-10-2)23-15-13-14-21-22-16-17-24(34(3,4)5)31-28(22)30-29(27(21)23)25(36)20-26(32(30)33-31)35(6,7)8;;;/h13,15,17,20H,9-12,18-19H2,1-8H3;2*1H3;. The Morgan fingerprint density at radius 1 is 0.641 bits per heavy atom. The molecule has 0 radical (unpaired) electrons. The summed E-state index contributed by atoms with van der Waals surface area (Å²) in [5.74, 6) is 0. The van der Waals surface area contributed by atoms with E-state index in [0.29, 0.717) is 0 Å². The minimum atomic E-state index is -2.70. The van der Waals surface area contributed by atoms with Gasteiger partial charge in [-0.2, -0.15) is 0 Å². The zero-order chi connectivity index (χ0) is 27.9. The minimum absolute atomic E-state index is 1.32. The average molecular weight is 690 g/mol. The van der Waals surface area contributed by atoms with E-state index in [0.717, 1.165) is 0 Å². The molecule has 0 saturated heterocycles. The first-order valence-corrected chi connectivity index (χ1v) is 34.4. The normalized spacial score (nSPS) is 17.5. The third-order valence-electron chi connectivity index (χ3n) is 10.6. The van der Waals surface area contributed by atoms with E-state index in [1.807, 2.05) is 17.5 Å². The van der Waals surface area contributed by atoms with Gasteiger partial charge < -0.3 is 0 Å². The van der Waals surface area contributed by atoms with Gasteiger partial charge in [-0.05, 0) is 0 Å². The van der Waals surface area contributed by atoms with Crippen molar-refractivity contribution in [2.24, 2.45) is 0 Å².